The minimum atomic E-state index is -5.08. The van der Waals surface area contributed by atoms with Crippen LogP contribution in [0.25, 0.3) is 28.1 Å². The lowest BCUT2D eigenvalue weighted by atomic mass is 9.95. The van der Waals surface area contributed by atoms with E-state index in [9.17, 15) is 27.2 Å². The molecule has 49 heavy (non-hydrogen) atoms. The van der Waals surface area contributed by atoms with Crippen LogP contribution < -0.4 is 10.9 Å². The highest BCUT2D eigenvalue weighted by atomic mass is 35.5. The number of hydrogen-bond acceptors (Lipinski definition) is 7. The number of carbonyl (C=O) groups is 2. The van der Waals surface area contributed by atoms with Gasteiger partial charge in [-0.1, -0.05) is 41.8 Å². The number of carbonyl (C=O) groups excluding carboxylic acids is 1. The number of aliphatic carboxylic acids is 1. The molecule has 0 unspecified atom stereocenters. The van der Waals surface area contributed by atoms with Crippen molar-refractivity contribution in [3.05, 3.63) is 105 Å². The summed E-state index contributed by atoms with van der Waals surface area (Å²) < 4.78 is 49.1. The first-order valence-electron chi connectivity index (χ1n) is 14.5. The number of alkyl halides is 3. The van der Waals surface area contributed by atoms with Crippen LogP contribution in [0.1, 0.15) is 37.9 Å². The molecule has 6 rings (SSSR count). The lowest BCUT2D eigenvalue weighted by molar-refractivity contribution is -0.192. The van der Waals surface area contributed by atoms with Gasteiger partial charge in [-0.2, -0.15) is 13.2 Å². The van der Waals surface area contributed by atoms with Gasteiger partial charge in [0.15, 0.2) is 5.15 Å². The summed E-state index contributed by atoms with van der Waals surface area (Å²) in [5.41, 5.74) is 3.60. The zero-order valence-electron chi connectivity index (χ0n) is 25.3. The minimum Gasteiger partial charge on any atom is -0.475 e. The molecule has 11 nitrogen and oxygen atoms in total. The maximum Gasteiger partial charge on any atom is 0.490 e. The first-order valence-corrected chi connectivity index (χ1v) is 15.3. The smallest absolute Gasteiger partial charge is 0.475 e. The fourth-order valence-electron chi connectivity index (χ4n) is 5.16. The van der Waals surface area contributed by atoms with Crippen LogP contribution in [-0.4, -0.2) is 52.7 Å². The Morgan fingerprint density at radius 1 is 1.00 bits per heavy atom. The number of carboxylic acids is 1. The number of benzene rings is 2. The van der Waals surface area contributed by atoms with E-state index in [4.69, 9.17) is 33.1 Å². The van der Waals surface area contributed by atoms with E-state index in [1.165, 1.54) is 33.8 Å². The lowest BCUT2D eigenvalue weighted by Gasteiger charge is -2.23. The molecule has 1 aliphatic rings. The van der Waals surface area contributed by atoms with Gasteiger partial charge in [0.2, 0.25) is 5.91 Å². The monoisotopic (exact) mass is 717 g/mol. The summed E-state index contributed by atoms with van der Waals surface area (Å²) in [4.78, 5) is 44.7. The number of anilines is 1. The van der Waals surface area contributed by atoms with Gasteiger partial charge in [-0.05, 0) is 66.9 Å². The molecule has 2 bridgehead atoms. The predicted octanol–water partition coefficient (Wildman–Crippen LogP) is 6.98. The molecule has 2 aromatic carbocycles. The molecule has 3 aromatic heterocycles. The lowest BCUT2D eigenvalue weighted by Crippen LogP contribution is -2.27. The molecular formula is C32H25Cl2F4N7O4. The van der Waals surface area contributed by atoms with Crippen LogP contribution in [0.4, 0.5) is 23.2 Å². The normalized spacial score (nSPS) is 16.3. The second-order valence-electron chi connectivity index (χ2n) is 11.0. The van der Waals surface area contributed by atoms with Gasteiger partial charge in [-0.3, -0.25) is 19.1 Å². The van der Waals surface area contributed by atoms with E-state index >= 15 is 0 Å². The van der Waals surface area contributed by atoms with Crippen LogP contribution in [0.5, 0.6) is 0 Å². The summed E-state index contributed by atoms with van der Waals surface area (Å²) in [6.45, 7) is 1.85. The van der Waals surface area contributed by atoms with E-state index in [1.54, 1.807) is 42.7 Å². The molecule has 2 atom stereocenters. The predicted molar refractivity (Wildman–Crippen MR) is 172 cm³/mol. The number of fused-ring (bicyclic) bond motifs is 4. The number of amides is 1. The molecule has 0 saturated heterocycles. The summed E-state index contributed by atoms with van der Waals surface area (Å²) in [6.07, 6.45) is 1.35. The number of hydrogen-bond donors (Lipinski definition) is 2. The van der Waals surface area contributed by atoms with Crippen LogP contribution in [0.2, 0.25) is 10.2 Å². The summed E-state index contributed by atoms with van der Waals surface area (Å²) in [5.74, 6) is -3.63. The van der Waals surface area contributed by atoms with Crippen LogP contribution in [0.3, 0.4) is 0 Å². The van der Waals surface area contributed by atoms with Gasteiger partial charge in [0.25, 0.3) is 5.56 Å². The van der Waals surface area contributed by atoms with Crippen molar-refractivity contribution in [2.75, 3.05) is 5.32 Å². The van der Waals surface area contributed by atoms with Crippen molar-refractivity contribution in [2.24, 2.45) is 5.92 Å². The molecular weight excluding hydrogens is 693 g/mol. The molecule has 1 aliphatic heterocycles. The number of halogens is 6. The van der Waals surface area contributed by atoms with E-state index in [-0.39, 0.29) is 22.5 Å². The average Bonchev–Trinajstić information content (AvgIpc) is 3.49. The van der Waals surface area contributed by atoms with Gasteiger partial charge in [0, 0.05) is 40.0 Å². The van der Waals surface area contributed by atoms with Crippen molar-refractivity contribution in [3.8, 4) is 28.1 Å². The Morgan fingerprint density at radius 2 is 1.76 bits per heavy atom. The van der Waals surface area contributed by atoms with Crippen molar-refractivity contribution >= 4 is 40.8 Å². The highest BCUT2D eigenvalue weighted by Gasteiger charge is 2.38. The Kier molecular flexibility index (Phi) is 10.4. The van der Waals surface area contributed by atoms with Crippen LogP contribution >= 0.6 is 23.2 Å². The van der Waals surface area contributed by atoms with E-state index in [0.717, 1.165) is 0 Å². The third-order valence-electron chi connectivity index (χ3n) is 7.60. The fraction of sp³-hybridized carbons (Fsp3) is 0.219. The third-order valence-corrected chi connectivity index (χ3v) is 8.00. The molecule has 1 amide bonds. The molecule has 2 N–H and O–H groups in total. The minimum absolute atomic E-state index is 0.150. The third kappa shape index (κ3) is 8.29. The Hall–Kier alpha value is -5.15. The van der Waals surface area contributed by atoms with Gasteiger partial charge >= 0.3 is 12.1 Å². The largest absolute Gasteiger partial charge is 0.490 e. The topological polar surface area (TPSA) is 145 Å². The molecule has 17 heteroatoms. The van der Waals surface area contributed by atoms with Gasteiger partial charge in [-0.15, -0.1) is 5.10 Å². The number of nitrogens with one attached hydrogen (secondary N) is 1. The highest BCUT2D eigenvalue weighted by Crippen LogP contribution is 2.34. The van der Waals surface area contributed by atoms with E-state index in [2.05, 4.69) is 25.6 Å². The molecule has 4 heterocycles. The Balaban J connectivity index is 0.000000606. The summed E-state index contributed by atoms with van der Waals surface area (Å²) in [6, 6.07) is 13.9. The SMILES string of the molecule is C[C@@H]1CCC[C@H](n2cnc(-c3cc(Cl)ccc3-n3cc(Cl)nn3)cc2=O)c2cc(ccn2)-c2cc(F)ccc2NC1=O.O=C(O)C(F)(F)F. The van der Waals surface area contributed by atoms with Gasteiger partial charge in [0.05, 0.1) is 35.6 Å². The molecule has 0 spiro atoms. The summed E-state index contributed by atoms with van der Waals surface area (Å²) in [7, 11) is 0. The quantitative estimate of drug-likeness (QED) is 0.190. The van der Waals surface area contributed by atoms with Crippen LogP contribution in [-0.2, 0) is 9.59 Å². The molecule has 0 saturated carbocycles. The second-order valence-corrected chi connectivity index (χ2v) is 11.8. The van der Waals surface area contributed by atoms with E-state index in [1.807, 2.05) is 13.0 Å². The second kappa shape index (κ2) is 14.5. The van der Waals surface area contributed by atoms with Crippen molar-refractivity contribution in [3.63, 3.8) is 0 Å². The Bertz CT molecular complexity index is 2090. The summed E-state index contributed by atoms with van der Waals surface area (Å²) in [5, 5.41) is 18.6. The van der Waals surface area contributed by atoms with Gasteiger partial charge < -0.3 is 10.4 Å². The van der Waals surface area contributed by atoms with Gasteiger partial charge in [-0.25, -0.2) is 18.9 Å². The van der Waals surface area contributed by atoms with Crippen molar-refractivity contribution in [1.82, 2.24) is 29.5 Å². The number of pyridine rings is 1. The molecule has 0 aliphatic carbocycles. The first-order chi connectivity index (χ1) is 23.2. The van der Waals surface area contributed by atoms with Crippen LogP contribution in [0, 0.1) is 11.7 Å². The van der Waals surface area contributed by atoms with Crippen molar-refractivity contribution < 1.29 is 32.3 Å². The zero-order valence-corrected chi connectivity index (χ0v) is 26.8. The standard InChI is InChI=1S/C30H24Cl2FN7O2.C2HF3O2/c1-17-3-2-4-27(25-11-18(9-10-34-25)21-13-20(33)6-7-23(21)36-30(17)42)39-16-35-24(14-29(39)41)22-12-19(31)5-8-26(22)40-15-28(32)37-38-40;3-2(4,5)1(6)7/h5-17,27H,2-4H2,1H3,(H,36,42);(H,6,7)/t17-,27+;/m1./s1. The first kappa shape index (κ1) is 35.2. The van der Waals surface area contributed by atoms with Gasteiger partial charge in [0.1, 0.15) is 5.82 Å². The number of carboxylic acid groups (broad SMARTS) is 1. The maximum atomic E-state index is 14.3. The number of aromatic nitrogens is 6. The Morgan fingerprint density at radius 3 is 2.43 bits per heavy atom. The highest BCUT2D eigenvalue weighted by molar-refractivity contribution is 6.31. The molecule has 5 aromatic rings. The molecule has 254 valence electrons. The fourth-order valence-corrected chi connectivity index (χ4v) is 5.46. The number of nitrogens with zero attached hydrogens (tertiary/aromatic N) is 6. The average molecular weight is 718 g/mol. The Labute approximate surface area is 285 Å². The van der Waals surface area contributed by atoms with E-state index in [0.29, 0.717) is 63.7 Å². The number of rotatable bonds is 3. The summed E-state index contributed by atoms with van der Waals surface area (Å²) >= 11 is 12.3. The van der Waals surface area contributed by atoms with Crippen LogP contribution in [0.15, 0.2) is 78.1 Å². The van der Waals surface area contributed by atoms with Crippen molar-refractivity contribution in [2.45, 2.75) is 38.4 Å². The van der Waals surface area contributed by atoms with E-state index < -0.39 is 24.0 Å². The zero-order chi connectivity index (χ0) is 35.5. The molecule has 0 fully saturated rings. The maximum absolute atomic E-state index is 14.3. The van der Waals surface area contributed by atoms with Crippen molar-refractivity contribution in [1.29, 1.82) is 0 Å². The molecule has 0 radical (unpaired) electrons.